The third-order valence-corrected chi connectivity index (χ3v) is 5.64. The Kier molecular flexibility index (Phi) is 5.01. The molecule has 0 radical (unpaired) electrons. The predicted molar refractivity (Wildman–Crippen MR) is 97.5 cm³/mol. The molecule has 2 aromatic rings. The third-order valence-electron chi connectivity index (χ3n) is 5.64. The maximum Gasteiger partial charge on any atom is 0.244 e. The van der Waals surface area contributed by atoms with Gasteiger partial charge in [-0.15, -0.1) is 5.10 Å². The Labute approximate surface area is 162 Å². The lowest BCUT2D eigenvalue weighted by Crippen LogP contribution is -2.55. The van der Waals surface area contributed by atoms with E-state index in [-0.39, 0.29) is 23.8 Å². The maximum absolute atomic E-state index is 12.7. The van der Waals surface area contributed by atoms with Crippen molar-refractivity contribution in [1.82, 2.24) is 40.0 Å². The standard InChI is InChI=1S/C18H24N8O2/c1-14-7-20-15(8-19-14)9-25-12-18(5-3-16(25)27)4-2-6-24(11-18)17(28)10-26-13-21-22-23-26/h7-8,13H,2-6,9-12H2,1H3/t18-/m0/s1. The van der Waals surface area contributed by atoms with Crippen molar-refractivity contribution in [3.63, 3.8) is 0 Å². The molecule has 2 aromatic heterocycles. The lowest BCUT2D eigenvalue weighted by Gasteiger charge is -2.48. The first kappa shape index (κ1) is 18.5. The summed E-state index contributed by atoms with van der Waals surface area (Å²) in [7, 11) is 0. The molecule has 4 rings (SSSR count). The number of likely N-dealkylation sites (tertiary alicyclic amines) is 2. The highest BCUT2D eigenvalue weighted by molar-refractivity contribution is 5.78. The van der Waals surface area contributed by atoms with E-state index in [9.17, 15) is 9.59 Å². The Balaban J connectivity index is 1.43. The minimum absolute atomic E-state index is 0.0132. The van der Waals surface area contributed by atoms with Crippen molar-refractivity contribution < 1.29 is 9.59 Å². The topological polar surface area (TPSA) is 110 Å². The largest absolute Gasteiger partial charge is 0.340 e. The van der Waals surface area contributed by atoms with Crippen LogP contribution in [0.15, 0.2) is 18.7 Å². The van der Waals surface area contributed by atoms with E-state index in [0.717, 1.165) is 37.2 Å². The zero-order valence-corrected chi connectivity index (χ0v) is 16.0. The molecule has 2 fully saturated rings. The molecule has 2 aliphatic rings. The van der Waals surface area contributed by atoms with Crippen LogP contribution in [0.1, 0.15) is 37.1 Å². The molecule has 0 aliphatic carbocycles. The summed E-state index contributed by atoms with van der Waals surface area (Å²) in [5.41, 5.74) is 1.59. The maximum atomic E-state index is 12.7. The van der Waals surface area contributed by atoms with Gasteiger partial charge in [-0.1, -0.05) is 0 Å². The molecule has 0 aromatic carbocycles. The highest BCUT2D eigenvalue weighted by Crippen LogP contribution is 2.39. The van der Waals surface area contributed by atoms with Crippen LogP contribution in [0, 0.1) is 12.3 Å². The smallest absolute Gasteiger partial charge is 0.244 e. The molecule has 0 N–H and O–H groups in total. The molecule has 2 saturated heterocycles. The monoisotopic (exact) mass is 384 g/mol. The van der Waals surface area contributed by atoms with Gasteiger partial charge in [0.25, 0.3) is 0 Å². The number of aromatic nitrogens is 6. The number of carbonyl (C=O) groups is 2. The second-order valence-corrected chi connectivity index (χ2v) is 7.83. The first-order valence-electron chi connectivity index (χ1n) is 9.57. The molecule has 1 spiro atoms. The molecule has 0 saturated carbocycles. The fraction of sp³-hybridized carbons (Fsp3) is 0.611. The van der Waals surface area contributed by atoms with Crippen LogP contribution in [0.5, 0.6) is 0 Å². The van der Waals surface area contributed by atoms with Crippen LogP contribution in [0.25, 0.3) is 0 Å². The van der Waals surface area contributed by atoms with Gasteiger partial charge in [-0.2, -0.15) is 0 Å². The van der Waals surface area contributed by atoms with Gasteiger partial charge in [-0.25, -0.2) is 4.68 Å². The van der Waals surface area contributed by atoms with Crippen molar-refractivity contribution in [2.24, 2.45) is 5.41 Å². The number of hydrogen-bond donors (Lipinski definition) is 0. The van der Waals surface area contributed by atoms with Crippen molar-refractivity contribution in [2.75, 3.05) is 19.6 Å². The summed E-state index contributed by atoms with van der Waals surface area (Å²) in [5, 5.41) is 10.9. The van der Waals surface area contributed by atoms with Crippen LogP contribution in [0.2, 0.25) is 0 Å². The average Bonchev–Trinajstić information content (AvgIpc) is 3.20. The van der Waals surface area contributed by atoms with Crippen LogP contribution in [0.4, 0.5) is 0 Å². The van der Waals surface area contributed by atoms with E-state index in [2.05, 4.69) is 25.5 Å². The molecular weight excluding hydrogens is 360 g/mol. The number of hydrogen-bond acceptors (Lipinski definition) is 7. The molecule has 0 unspecified atom stereocenters. The highest BCUT2D eigenvalue weighted by atomic mass is 16.2. The lowest BCUT2D eigenvalue weighted by atomic mass is 9.73. The van der Waals surface area contributed by atoms with E-state index in [1.165, 1.54) is 11.0 Å². The minimum Gasteiger partial charge on any atom is -0.340 e. The van der Waals surface area contributed by atoms with E-state index in [0.29, 0.717) is 26.1 Å². The Bertz CT molecular complexity index is 838. The van der Waals surface area contributed by atoms with E-state index < -0.39 is 0 Å². The molecule has 148 valence electrons. The number of carbonyl (C=O) groups excluding carboxylic acids is 2. The van der Waals surface area contributed by atoms with E-state index in [1.54, 1.807) is 12.4 Å². The minimum atomic E-state index is -0.0550. The first-order chi connectivity index (χ1) is 13.5. The number of tetrazole rings is 1. The van der Waals surface area contributed by atoms with Gasteiger partial charge in [0, 0.05) is 37.7 Å². The van der Waals surface area contributed by atoms with Gasteiger partial charge in [0.2, 0.25) is 11.8 Å². The van der Waals surface area contributed by atoms with E-state index in [4.69, 9.17) is 0 Å². The first-order valence-corrected chi connectivity index (χ1v) is 9.57. The number of piperidine rings is 2. The molecule has 4 heterocycles. The lowest BCUT2D eigenvalue weighted by molar-refractivity contribution is -0.144. The fourth-order valence-electron chi connectivity index (χ4n) is 4.19. The van der Waals surface area contributed by atoms with Gasteiger partial charge in [0.15, 0.2) is 0 Å². The quantitative estimate of drug-likeness (QED) is 0.741. The normalized spacial score (nSPS) is 22.7. The Hall–Kier alpha value is -2.91. The molecule has 10 heteroatoms. The van der Waals surface area contributed by atoms with Crippen molar-refractivity contribution in [3.05, 3.63) is 30.1 Å². The summed E-state index contributed by atoms with van der Waals surface area (Å²) in [6.45, 7) is 4.55. The summed E-state index contributed by atoms with van der Waals surface area (Å²) in [6, 6.07) is 0. The summed E-state index contributed by atoms with van der Waals surface area (Å²) in [5.74, 6) is 0.157. The SMILES string of the molecule is Cc1cnc(CN2C[C@@]3(CCCN(C(=O)Cn4cnnn4)C3)CCC2=O)cn1. The Morgan fingerprint density at radius 1 is 1.21 bits per heavy atom. The number of aryl methyl sites for hydroxylation is 1. The zero-order chi connectivity index (χ0) is 19.6. The van der Waals surface area contributed by atoms with E-state index in [1.807, 2.05) is 16.7 Å². The van der Waals surface area contributed by atoms with Gasteiger partial charge >= 0.3 is 0 Å². The second kappa shape index (κ2) is 7.61. The van der Waals surface area contributed by atoms with E-state index >= 15 is 0 Å². The molecule has 28 heavy (non-hydrogen) atoms. The summed E-state index contributed by atoms with van der Waals surface area (Å²) in [6.07, 6.45) is 8.18. The summed E-state index contributed by atoms with van der Waals surface area (Å²) < 4.78 is 1.44. The number of amides is 2. The number of rotatable bonds is 4. The fourth-order valence-corrected chi connectivity index (χ4v) is 4.19. The highest BCUT2D eigenvalue weighted by Gasteiger charge is 2.42. The third kappa shape index (κ3) is 4.00. The molecule has 2 amide bonds. The van der Waals surface area contributed by atoms with Crippen molar-refractivity contribution in [1.29, 1.82) is 0 Å². The van der Waals surface area contributed by atoms with Crippen molar-refractivity contribution >= 4 is 11.8 Å². The van der Waals surface area contributed by atoms with Gasteiger partial charge in [-0.05, 0) is 36.6 Å². The molecular formula is C18H24N8O2. The van der Waals surface area contributed by atoms with Crippen molar-refractivity contribution in [3.8, 4) is 0 Å². The second-order valence-electron chi connectivity index (χ2n) is 7.83. The molecule has 2 aliphatic heterocycles. The Morgan fingerprint density at radius 2 is 2.11 bits per heavy atom. The predicted octanol–water partition coefficient (Wildman–Crippen LogP) is 0.203. The summed E-state index contributed by atoms with van der Waals surface area (Å²) in [4.78, 5) is 37.6. The zero-order valence-electron chi connectivity index (χ0n) is 16.0. The van der Waals surface area contributed by atoms with Crippen LogP contribution in [-0.4, -0.2) is 71.4 Å². The van der Waals surface area contributed by atoms with Gasteiger partial charge in [0.1, 0.15) is 12.9 Å². The Morgan fingerprint density at radius 3 is 2.86 bits per heavy atom. The van der Waals surface area contributed by atoms with Gasteiger partial charge < -0.3 is 9.80 Å². The van der Waals surface area contributed by atoms with Crippen molar-refractivity contribution in [2.45, 2.75) is 45.7 Å². The number of nitrogens with zero attached hydrogens (tertiary/aromatic N) is 8. The van der Waals surface area contributed by atoms with Gasteiger partial charge in [0.05, 0.1) is 24.1 Å². The molecule has 10 nitrogen and oxygen atoms in total. The van der Waals surface area contributed by atoms with Crippen LogP contribution < -0.4 is 0 Å². The van der Waals surface area contributed by atoms with Crippen LogP contribution in [0.3, 0.4) is 0 Å². The van der Waals surface area contributed by atoms with Crippen LogP contribution >= 0.6 is 0 Å². The molecule has 0 bridgehead atoms. The average molecular weight is 384 g/mol. The van der Waals surface area contributed by atoms with Gasteiger partial charge in [-0.3, -0.25) is 19.6 Å². The molecule has 1 atom stereocenters. The summed E-state index contributed by atoms with van der Waals surface area (Å²) >= 11 is 0. The van der Waals surface area contributed by atoms with Crippen LogP contribution in [-0.2, 0) is 22.7 Å².